The second-order valence-electron chi connectivity index (χ2n) is 4.46. The molecule has 0 heterocycles. The van der Waals surface area contributed by atoms with Gasteiger partial charge in [-0.3, -0.25) is 10.1 Å². The second-order valence-corrected chi connectivity index (χ2v) is 6.23. The maximum absolute atomic E-state index is 13.4. The highest BCUT2D eigenvalue weighted by molar-refractivity contribution is 9.10. The number of nitrogens with one attached hydrogen (secondary N) is 1. The zero-order valence-corrected chi connectivity index (χ0v) is 14.2. The van der Waals surface area contributed by atoms with Gasteiger partial charge >= 0.3 is 0 Å². The minimum atomic E-state index is -0.420. The molecule has 0 aliphatic carbocycles. The number of aryl methyl sites for hydroxylation is 1. The Morgan fingerprint density at radius 2 is 2.00 bits per heavy atom. The monoisotopic (exact) mass is 416 g/mol. The minimum absolute atomic E-state index is 0.0459. The van der Waals surface area contributed by atoms with E-state index in [0.717, 1.165) is 15.7 Å². The molecule has 0 bridgehead atoms. The van der Waals surface area contributed by atoms with E-state index in [2.05, 4.69) is 37.2 Å². The van der Waals surface area contributed by atoms with Gasteiger partial charge in [-0.15, -0.1) is 0 Å². The van der Waals surface area contributed by atoms with Crippen LogP contribution < -0.4 is 5.32 Å². The van der Waals surface area contributed by atoms with Gasteiger partial charge in [-0.25, -0.2) is 4.39 Å². The summed E-state index contributed by atoms with van der Waals surface area (Å²) in [7, 11) is 0. The van der Waals surface area contributed by atoms with Crippen molar-refractivity contribution in [3.8, 4) is 0 Å². The van der Waals surface area contributed by atoms with Crippen LogP contribution in [0.4, 0.5) is 15.8 Å². The molecule has 0 saturated carbocycles. The van der Waals surface area contributed by atoms with E-state index in [9.17, 15) is 14.5 Å². The van der Waals surface area contributed by atoms with Crippen molar-refractivity contribution in [3.63, 3.8) is 0 Å². The van der Waals surface area contributed by atoms with Gasteiger partial charge in [0.15, 0.2) is 0 Å². The lowest BCUT2D eigenvalue weighted by Crippen LogP contribution is -2.04. The summed E-state index contributed by atoms with van der Waals surface area (Å²) in [5, 5.41) is 14.1. The number of nitro benzene ring substituents is 1. The van der Waals surface area contributed by atoms with Gasteiger partial charge in [0.2, 0.25) is 0 Å². The molecule has 0 aliphatic heterocycles. The molecule has 2 aromatic rings. The van der Waals surface area contributed by atoms with E-state index in [-0.39, 0.29) is 18.0 Å². The van der Waals surface area contributed by atoms with E-state index in [4.69, 9.17) is 0 Å². The fraction of sp³-hybridized carbons (Fsp3) is 0.143. The van der Waals surface area contributed by atoms with Crippen molar-refractivity contribution in [2.24, 2.45) is 0 Å². The standard InChI is InChI=1S/C14H11Br2FN2O2/c1-8-4-12(17)11(16)6-13(8)18-7-9-5-10(15)2-3-14(9)19(20)21/h2-6,18H,7H2,1H3. The molecule has 0 radical (unpaired) electrons. The Kier molecular flexibility index (Phi) is 4.95. The Morgan fingerprint density at radius 1 is 1.29 bits per heavy atom. The van der Waals surface area contributed by atoms with Crippen LogP contribution in [0.1, 0.15) is 11.1 Å². The lowest BCUT2D eigenvalue weighted by Gasteiger charge is -2.11. The maximum Gasteiger partial charge on any atom is 0.274 e. The summed E-state index contributed by atoms with van der Waals surface area (Å²) in [4.78, 5) is 10.6. The van der Waals surface area contributed by atoms with Crippen molar-refractivity contribution in [1.82, 2.24) is 0 Å². The Labute approximate surface area is 137 Å². The number of hydrogen-bond acceptors (Lipinski definition) is 3. The number of anilines is 1. The van der Waals surface area contributed by atoms with Crippen molar-refractivity contribution >= 4 is 43.2 Å². The minimum Gasteiger partial charge on any atom is -0.380 e. The van der Waals surface area contributed by atoms with Crippen LogP contribution in [0, 0.1) is 22.9 Å². The predicted molar refractivity (Wildman–Crippen MR) is 87.0 cm³/mol. The molecular weight excluding hydrogens is 407 g/mol. The molecule has 0 fully saturated rings. The number of benzene rings is 2. The molecule has 0 amide bonds. The normalized spacial score (nSPS) is 10.5. The maximum atomic E-state index is 13.4. The van der Waals surface area contributed by atoms with Crippen molar-refractivity contribution < 1.29 is 9.31 Å². The molecule has 21 heavy (non-hydrogen) atoms. The fourth-order valence-electron chi connectivity index (χ4n) is 1.90. The van der Waals surface area contributed by atoms with E-state index >= 15 is 0 Å². The van der Waals surface area contributed by atoms with E-state index in [1.807, 2.05) is 0 Å². The first kappa shape index (κ1) is 15.9. The van der Waals surface area contributed by atoms with E-state index < -0.39 is 4.92 Å². The van der Waals surface area contributed by atoms with Gasteiger partial charge in [0.25, 0.3) is 5.69 Å². The van der Waals surface area contributed by atoms with Gasteiger partial charge in [-0.05, 0) is 52.7 Å². The Morgan fingerprint density at radius 3 is 2.67 bits per heavy atom. The Balaban J connectivity index is 2.26. The number of halogens is 3. The van der Waals surface area contributed by atoms with E-state index in [1.165, 1.54) is 12.1 Å². The highest BCUT2D eigenvalue weighted by Crippen LogP contribution is 2.27. The highest BCUT2D eigenvalue weighted by Gasteiger charge is 2.14. The number of nitrogens with zero attached hydrogens (tertiary/aromatic N) is 1. The van der Waals surface area contributed by atoms with Gasteiger partial charge in [-0.1, -0.05) is 15.9 Å². The molecule has 2 rings (SSSR count). The van der Waals surface area contributed by atoms with Gasteiger partial charge in [0.05, 0.1) is 9.40 Å². The molecule has 1 N–H and O–H groups in total. The smallest absolute Gasteiger partial charge is 0.274 e. The van der Waals surface area contributed by atoms with Crippen LogP contribution in [0.25, 0.3) is 0 Å². The Bertz CT molecular complexity index is 708. The van der Waals surface area contributed by atoms with Crippen LogP contribution in [0.5, 0.6) is 0 Å². The molecule has 4 nitrogen and oxygen atoms in total. The van der Waals surface area contributed by atoms with Crippen LogP contribution in [0.2, 0.25) is 0 Å². The van der Waals surface area contributed by atoms with E-state index in [1.54, 1.807) is 25.1 Å². The quantitative estimate of drug-likeness (QED) is 0.550. The first-order valence-electron chi connectivity index (χ1n) is 6.01. The predicted octanol–water partition coefficient (Wildman–Crippen LogP) is 5.18. The van der Waals surface area contributed by atoms with Gasteiger partial charge in [0, 0.05) is 28.3 Å². The molecule has 0 aliphatic rings. The lowest BCUT2D eigenvalue weighted by molar-refractivity contribution is -0.385. The Hall–Kier alpha value is -1.47. The summed E-state index contributed by atoms with van der Waals surface area (Å²) in [5.74, 6) is -0.341. The van der Waals surface area contributed by atoms with Crippen LogP contribution in [-0.4, -0.2) is 4.92 Å². The molecule has 0 unspecified atom stereocenters. The summed E-state index contributed by atoms with van der Waals surface area (Å²) in [5.41, 5.74) is 2.05. The second kappa shape index (κ2) is 6.53. The average Bonchev–Trinajstić information content (AvgIpc) is 2.41. The highest BCUT2D eigenvalue weighted by atomic mass is 79.9. The zero-order chi connectivity index (χ0) is 15.6. The topological polar surface area (TPSA) is 55.2 Å². The van der Waals surface area contributed by atoms with Crippen molar-refractivity contribution in [1.29, 1.82) is 0 Å². The molecule has 2 aromatic carbocycles. The molecule has 0 spiro atoms. The van der Waals surface area contributed by atoms with Gasteiger partial charge in [-0.2, -0.15) is 0 Å². The number of nitro groups is 1. The molecule has 0 atom stereocenters. The first-order valence-corrected chi connectivity index (χ1v) is 7.59. The third-order valence-corrected chi connectivity index (χ3v) is 4.08. The van der Waals surface area contributed by atoms with Crippen LogP contribution in [-0.2, 0) is 6.54 Å². The number of hydrogen-bond donors (Lipinski definition) is 1. The van der Waals surface area contributed by atoms with Crippen LogP contribution in [0.3, 0.4) is 0 Å². The average molecular weight is 418 g/mol. The summed E-state index contributed by atoms with van der Waals surface area (Å²) < 4.78 is 14.5. The summed E-state index contributed by atoms with van der Waals surface area (Å²) in [6.45, 7) is 2.04. The molecule has 0 aromatic heterocycles. The molecule has 0 saturated heterocycles. The third kappa shape index (κ3) is 3.79. The van der Waals surface area contributed by atoms with Crippen LogP contribution in [0.15, 0.2) is 39.3 Å². The van der Waals surface area contributed by atoms with Gasteiger partial charge < -0.3 is 5.32 Å². The van der Waals surface area contributed by atoms with Gasteiger partial charge in [0.1, 0.15) is 5.82 Å². The fourth-order valence-corrected chi connectivity index (χ4v) is 2.65. The SMILES string of the molecule is Cc1cc(F)c(Br)cc1NCc1cc(Br)ccc1[N+](=O)[O-]. The summed E-state index contributed by atoms with van der Waals surface area (Å²) in [6.07, 6.45) is 0. The first-order chi connectivity index (χ1) is 9.88. The summed E-state index contributed by atoms with van der Waals surface area (Å²) >= 11 is 6.42. The lowest BCUT2D eigenvalue weighted by atomic mass is 10.1. The van der Waals surface area contributed by atoms with Crippen molar-refractivity contribution in [3.05, 3.63) is 66.3 Å². The molecule has 7 heteroatoms. The third-order valence-electron chi connectivity index (χ3n) is 2.97. The number of rotatable bonds is 4. The molecular formula is C14H11Br2FN2O2. The zero-order valence-electron chi connectivity index (χ0n) is 11.0. The van der Waals surface area contributed by atoms with Crippen molar-refractivity contribution in [2.45, 2.75) is 13.5 Å². The van der Waals surface area contributed by atoms with Crippen molar-refractivity contribution in [2.75, 3.05) is 5.32 Å². The largest absolute Gasteiger partial charge is 0.380 e. The van der Waals surface area contributed by atoms with E-state index in [0.29, 0.717) is 10.0 Å². The summed E-state index contributed by atoms with van der Waals surface area (Å²) in [6, 6.07) is 7.80. The molecule has 110 valence electrons. The van der Waals surface area contributed by atoms with Crippen LogP contribution >= 0.6 is 31.9 Å².